The maximum atomic E-state index is 10.7. The van der Waals surface area contributed by atoms with Crippen LogP contribution in [0.2, 0.25) is 0 Å². The van der Waals surface area contributed by atoms with Gasteiger partial charge in [0.2, 0.25) is 0 Å². The lowest BCUT2D eigenvalue weighted by molar-refractivity contribution is -0.139. The number of carbonyl (C=O) groups is 1. The van der Waals surface area contributed by atoms with Crippen molar-refractivity contribution in [3.63, 3.8) is 0 Å². The molecule has 13 heavy (non-hydrogen) atoms. The van der Waals surface area contributed by atoms with Crippen LogP contribution in [0.15, 0.2) is 12.4 Å². The quantitative estimate of drug-likeness (QED) is 0.736. The molecule has 0 unspecified atom stereocenters. The van der Waals surface area contributed by atoms with Crippen molar-refractivity contribution in [2.24, 2.45) is 0 Å². The fourth-order valence-corrected chi connectivity index (χ4v) is 2.00. The maximum Gasteiger partial charge on any atom is 0.304 e. The van der Waals surface area contributed by atoms with Crippen molar-refractivity contribution >= 4 is 5.97 Å². The van der Waals surface area contributed by atoms with Gasteiger partial charge in [0.15, 0.2) is 0 Å². The summed E-state index contributed by atoms with van der Waals surface area (Å²) in [6.07, 6.45) is 6.84. The summed E-state index contributed by atoms with van der Waals surface area (Å²) in [5.74, 6) is -0.721. The SMILES string of the molecule is O=C(O)CC1(c2cn[nH]c2)CCC1. The molecule has 1 aromatic heterocycles. The number of rotatable bonds is 3. The molecule has 70 valence electrons. The van der Waals surface area contributed by atoms with E-state index in [2.05, 4.69) is 10.2 Å². The predicted molar refractivity (Wildman–Crippen MR) is 46.4 cm³/mol. The van der Waals surface area contributed by atoms with Gasteiger partial charge in [0.25, 0.3) is 0 Å². The van der Waals surface area contributed by atoms with Gasteiger partial charge in [-0.15, -0.1) is 0 Å². The Morgan fingerprint density at radius 2 is 2.46 bits per heavy atom. The summed E-state index contributed by atoms with van der Waals surface area (Å²) < 4.78 is 0. The number of nitrogens with one attached hydrogen (secondary N) is 1. The first kappa shape index (κ1) is 8.29. The molecule has 0 bridgehead atoms. The van der Waals surface area contributed by atoms with Gasteiger partial charge in [0.1, 0.15) is 0 Å². The number of hydrogen-bond acceptors (Lipinski definition) is 2. The summed E-state index contributed by atoms with van der Waals surface area (Å²) >= 11 is 0. The van der Waals surface area contributed by atoms with Gasteiger partial charge in [0.05, 0.1) is 12.6 Å². The minimum Gasteiger partial charge on any atom is -0.481 e. The molecule has 0 aliphatic heterocycles. The van der Waals surface area contributed by atoms with Crippen molar-refractivity contribution in [2.75, 3.05) is 0 Å². The zero-order chi connectivity index (χ0) is 9.31. The van der Waals surface area contributed by atoms with Crippen molar-refractivity contribution in [3.05, 3.63) is 18.0 Å². The number of aromatic amines is 1. The fourth-order valence-electron chi connectivity index (χ4n) is 2.00. The first-order chi connectivity index (χ1) is 6.23. The van der Waals surface area contributed by atoms with Crippen molar-refractivity contribution in [3.8, 4) is 0 Å². The topological polar surface area (TPSA) is 66.0 Å². The Bertz CT molecular complexity index is 301. The molecule has 0 amide bonds. The number of aromatic nitrogens is 2. The summed E-state index contributed by atoms with van der Waals surface area (Å²) in [5.41, 5.74) is 0.917. The van der Waals surface area contributed by atoms with Crippen molar-refractivity contribution < 1.29 is 9.90 Å². The predicted octanol–water partition coefficient (Wildman–Crippen LogP) is 1.31. The summed E-state index contributed by atoms with van der Waals surface area (Å²) in [7, 11) is 0. The monoisotopic (exact) mass is 180 g/mol. The van der Waals surface area contributed by atoms with E-state index in [9.17, 15) is 4.79 Å². The van der Waals surface area contributed by atoms with Crippen LogP contribution in [0.25, 0.3) is 0 Å². The average molecular weight is 180 g/mol. The lowest BCUT2D eigenvalue weighted by atomic mass is 9.63. The van der Waals surface area contributed by atoms with E-state index < -0.39 is 5.97 Å². The number of H-pyrrole nitrogens is 1. The first-order valence-corrected chi connectivity index (χ1v) is 4.44. The first-order valence-electron chi connectivity index (χ1n) is 4.44. The van der Waals surface area contributed by atoms with Crippen molar-refractivity contribution in [2.45, 2.75) is 31.1 Å². The normalized spacial score (nSPS) is 19.4. The Labute approximate surface area is 76.0 Å². The zero-order valence-corrected chi connectivity index (χ0v) is 7.29. The van der Waals surface area contributed by atoms with E-state index in [0.717, 1.165) is 24.8 Å². The smallest absolute Gasteiger partial charge is 0.304 e. The van der Waals surface area contributed by atoms with Crippen LogP contribution in [0.1, 0.15) is 31.2 Å². The number of nitrogens with zero attached hydrogens (tertiary/aromatic N) is 1. The molecule has 0 saturated heterocycles. The van der Waals surface area contributed by atoms with E-state index in [-0.39, 0.29) is 11.8 Å². The molecular weight excluding hydrogens is 168 g/mol. The molecule has 0 atom stereocenters. The highest BCUT2D eigenvalue weighted by Gasteiger charge is 2.41. The second-order valence-corrected chi connectivity index (χ2v) is 3.69. The highest BCUT2D eigenvalue weighted by molar-refractivity contribution is 5.69. The van der Waals surface area contributed by atoms with Gasteiger partial charge < -0.3 is 5.11 Å². The van der Waals surface area contributed by atoms with Gasteiger partial charge in [-0.2, -0.15) is 5.10 Å². The molecule has 4 heteroatoms. The van der Waals surface area contributed by atoms with Gasteiger partial charge in [0, 0.05) is 11.6 Å². The zero-order valence-electron chi connectivity index (χ0n) is 7.29. The lowest BCUT2D eigenvalue weighted by Crippen LogP contribution is -2.36. The summed E-state index contributed by atoms with van der Waals surface area (Å²) in [4.78, 5) is 10.7. The molecule has 2 N–H and O–H groups in total. The Morgan fingerprint density at radius 1 is 1.69 bits per heavy atom. The van der Waals surface area contributed by atoms with E-state index >= 15 is 0 Å². The highest BCUT2D eigenvalue weighted by atomic mass is 16.4. The van der Waals surface area contributed by atoms with Crippen LogP contribution in [-0.4, -0.2) is 21.3 Å². The standard InChI is InChI=1S/C9H12N2O2/c12-8(13)4-9(2-1-3-9)7-5-10-11-6-7/h5-6H,1-4H2,(H,10,11)(H,12,13). The highest BCUT2D eigenvalue weighted by Crippen LogP contribution is 2.45. The number of aliphatic carboxylic acids is 1. The molecule has 1 saturated carbocycles. The van der Waals surface area contributed by atoms with Crippen LogP contribution in [0, 0.1) is 0 Å². The fraction of sp³-hybridized carbons (Fsp3) is 0.556. The second kappa shape index (κ2) is 2.87. The number of hydrogen-bond donors (Lipinski definition) is 2. The number of carboxylic acids is 1. The van der Waals surface area contributed by atoms with Crippen molar-refractivity contribution in [1.82, 2.24) is 10.2 Å². The van der Waals surface area contributed by atoms with Crippen LogP contribution < -0.4 is 0 Å². The maximum absolute atomic E-state index is 10.7. The molecule has 1 aliphatic carbocycles. The average Bonchev–Trinajstić information content (AvgIpc) is 2.48. The van der Waals surface area contributed by atoms with Gasteiger partial charge in [-0.1, -0.05) is 6.42 Å². The van der Waals surface area contributed by atoms with E-state index in [4.69, 9.17) is 5.11 Å². The van der Waals surface area contributed by atoms with Crippen LogP contribution in [-0.2, 0) is 10.2 Å². The lowest BCUT2D eigenvalue weighted by Gasteiger charge is -2.40. The molecule has 0 aromatic carbocycles. The van der Waals surface area contributed by atoms with Crippen molar-refractivity contribution in [1.29, 1.82) is 0 Å². The Kier molecular flexibility index (Phi) is 1.83. The largest absolute Gasteiger partial charge is 0.481 e. The molecule has 2 rings (SSSR count). The minimum atomic E-state index is -0.721. The third-order valence-corrected chi connectivity index (χ3v) is 2.91. The second-order valence-electron chi connectivity index (χ2n) is 3.69. The molecule has 1 aromatic rings. The Balaban J connectivity index is 2.20. The van der Waals surface area contributed by atoms with E-state index in [0.29, 0.717) is 0 Å². The third kappa shape index (κ3) is 1.32. The summed E-state index contributed by atoms with van der Waals surface area (Å²) in [6.45, 7) is 0. The molecule has 1 aliphatic rings. The van der Waals surface area contributed by atoms with Crippen LogP contribution in [0.4, 0.5) is 0 Å². The van der Waals surface area contributed by atoms with Crippen LogP contribution in [0.3, 0.4) is 0 Å². The van der Waals surface area contributed by atoms with E-state index in [1.807, 2.05) is 6.20 Å². The Morgan fingerprint density at radius 3 is 2.85 bits per heavy atom. The van der Waals surface area contributed by atoms with Crippen LogP contribution >= 0.6 is 0 Å². The minimum absolute atomic E-state index is 0.126. The van der Waals surface area contributed by atoms with Gasteiger partial charge in [-0.25, -0.2) is 0 Å². The summed E-state index contributed by atoms with van der Waals surface area (Å²) in [6, 6.07) is 0. The van der Waals surface area contributed by atoms with E-state index in [1.54, 1.807) is 6.20 Å². The Hall–Kier alpha value is -1.32. The van der Waals surface area contributed by atoms with Gasteiger partial charge in [-0.05, 0) is 18.4 Å². The van der Waals surface area contributed by atoms with Gasteiger partial charge >= 0.3 is 5.97 Å². The molecule has 1 heterocycles. The summed E-state index contributed by atoms with van der Waals surface area (Å²) in [5, 5.41) is 15.4. The molecule has 0 spiro atoms. The molecule has 4 nitrogen and oxygen atoms in total. The van der Waals surface area contributed by atoms with E-state index in [1.165, 1.54) is 0 Å². The number of carboxylic acid groups (broad SMARTS) is 1. The molecule has 0 radical (unpaired) electrons. The molecular formula is C9H12N2O2. The van der Waals surface area contributed by atoms with Crippen LogP contribution in [0.5, 0.6) is 0 Å². The third-order valence-electron chi connectivity index (χ3n) is 2.91. The molecule has 1 fully saturated rings. The van der Waals surface area contributed by atoms with Gasteiger partial charge in [-0.3, -0.25) is 9.89 Å².